The number of rotatable bonds is 14. The van der Waals surface area contributed by atoms with Gasteiger partial charge in [0.2, 0.25) is 0 Å². The second kappa shape index (κ2) is 14.4. The number of allylic oxidation sites excluding steroid dienone is 1. The zero-order valence-electron chi connectivity index (χ0n) is 16.2. The Kier molecular flexibility index (Phi) is 15.2. The Morgan fingerprint density at radius 1 is 1.12 bits per heavy atom. The van der Waals surface area contributed by atoms with Crippen LogP contribution in [0.25, 0.3) is 0 Å². The molecule has 0 heterocycles. The van der Waals surface area contributed by atoms with E-state index in [1.165, 1.54) is 6.42 Å². The molecule has 0 aliphatic rings. The minimum Gasteiger partial charge on any atom is -0.550 e. The van der Waals surface area contributed by atoms with E-state index in [4.69, 9.17) is 0 Å². The molecule has 0 rings (SSSR count). The van der Waals surface area contributed by atoms with Crippen molar-refractivity contribution in [3.05, 3.63) is 12.2 Å². The predicted molar refractivity (Wildman–Crippen MR) is 91.1 cm³/mol. The van der Waals surface area contributed by atoms with E-state index in [2.05, 4.69) is 13.0 Å². The molecule has 3 atom stereocenters. The number of aliphatic carboxylic acids is 2. The average molecular weight is 350 g/mol. The molecule has 0 amide bonds. The first kappa shape index (κ1) is 26.4. The quantitative estimate of drug-likeness (QED) is 0.164. The van der Waals surface area contributed by atoms with E-state index < -0.39 is 23.8 Å². The SMILES string of the molecule is CCCCC/C=C/C[N+](CCO)(CC(C)C(=O)[O-])CC(C)C(=O)O.[Li+]. The van der Waals surface area contributed by atoms with Crippen LogP contribution in [0.1, 0.15) is 46.5 Å². The third kappa shape index (κ3) is 11.4. The molecule has 0 aromatic carbocycles. The largest absolute Gasteiger partial charge is 1.00 e. The van der Waals surface area contributed by atoms with E-state index in [1.807, 2.05) is 6.08 Å². The van der Waals surface area contributed by atoms with E-state index in [-0.39, 0.29) is 43.0 Å². The van der Waals surface area contributed by atoms with Gasteiger partial charge in [-0.15, -0.1) is 0 Å². The Morgan fingerprint density at radius 3 is 2.20 bits per heavy atom. The predicted octanol–water partition coefficient (Wildman–Crippen LogP) is -1.96. The molecule has 2 N–H and O–H groups in total. The maximum atomic E-state index is 11.2. The van der Waals surface area contributed by atoms with Crippen molar-refractivity contribution in [3.8, 4) is 0 Å². The van der Waals surface area contributed by atoms with Crippen molar-refractivity contribution in [1.29, 1.82) is 0 Å². The van der Waals surface area contributed by atoms with Crippen molar-refractivity contribution in [2.75, 3.05) is 32.8 Å². The van der Waals surface area contributed by atoms with Crippen LogP contribution in [0, 0.1) is 11.8 Å². The Bertz CT molecular complexity index is 392. The standard InChI is InChI=1S/C18H33NO5.Li/c1-4-5-6-7-8-9-10-19(11-12-20,13-15(2)17(21)22)14-16(3)18(23)24;/h8-9,15-16,20H,4-7,10-14H2,1-3H3,(H-,21,22,23,24);/q;+1/b9-8+;. The second-order valence-electron chi connectivity index (χ2n) is 6.76. The van der Waals surface area contributed by atoms with Crippen LogP contribution in [-0.2, 0) is 9.59 Å². The Hall–Kier alpha value is -0.803. The van der Waals surface area contributed by atoms with Crippen LogP contribution in [0.5, 0.6) is 0 Å². The summed E-state index contributed by atoms with van der Waals surface area (Å²) in [5.74, 6) is -3.38. The number of hydrogen-bond donors (Lipinski definition) is 2. The van der Waals surface area contributed by atoms with Gasteiger partial charge < -0.3 is 24.6 Å². The number of unbranched alkanes of at least 4 members (excludes halogenated alkanes) is 3. The number of carboxylic acids is 2. The van der Waals surface area contributed by atoms with Crippen molar-refractivity contribution < 1.29 is 48.3 Å². The number of hydrogen-bond acceptors (Lipinski definition) is 4. The molecule has 0 bridgehead atoms. The number of carboxylic acid groups (broad SMARTS) is 2. The van der Waals surface area contributed by atoms with Gasteiger partial charge in [0.15, 0.2) is 0 Å². The number of nitrogens with zero attached hydrogens (tertiary/aromatic N) is 1. The van der Waals surface area contributed by atoms with E-state index in [0.29, 0.717) is 13.1 Å². The summed E-state index contributed by atoms with van der Waals surface area (Å²) in [5.41, 5.74) is 0. The van der Waals surface area contributed by atoms with Gasteiger partial charge in [-0.2, -0.15) is 0 Å². The first-order chi connectivity index (χ1) is 11.3. The molecular formula is C18H33LiNO5+. The Balaban J connectivity index is 0. The fraction of sp³-hybridized carbons (Fsp3) is 0.778. The molecule has 0 spiro atoms. The van der Waals surface area contributed by atoms with E-state index in [9.17, 15) is 24.9 Å². The number of carbonyl (C=O) groups excluding carboxylic acids is 1. The molecule has 3 unspecified atom stereocenters. The summed E-state index contributed by atoms with van der Waals surface area (Å²) in [6.07, 6.45) is 8.43. The van der Waals surface area contributed by atoms with E-state index in [1.54, 1.807) is 13.8 Å². The van der Waals surface area contributed by atoms with Gasteiger partial charge in [0.25, 0.3) is 0 Å². The van der Waals surface area contributed by atoms with Crippen LogP contribution in [0.4, 0.5) is 0 Å². The molecule has 7 heteroatoms. The first-order valence-electron chi connectivity index (χ1n) is 8.82. The Morgan fingerprint density at radius 2 is 1.72 bits per heavy atom. The van der Waals surface area contributed by atoms with Gasteiger partial charge in [-0.3, -0.25) is 4.79 Å². The maximum Gasteiger partial charge on any atom is 1.00 e. The van der Waals surface area contributed by atoms with Crippen LogP contribution in [0.3, 0.4) is 0 Å². The monoisotopic (exact) mass is 350 g/mol. The van der Waals surface area contributed by atoms with Crippen molar-refractivity contribution in [2.24, 2.45) is 11.8 Å². The topological polar surface area (TPSA) is 97.7 Å². The zero-order chi connectivity index (χ0) is 18.6. The van der Waals surface area contributed by atoms with Gasteiger partial charge in [-0.25, -0.2) is 0 Å². The molecule has 0 saturated carbocycles. The van der Waals surface area contributed by atoms with Gasteiger partial charge in [0.1, 0.15) is 12.5 Å². The molecule has 0 saturated heterocycles. The van der Waals surface area contributed by atoms with Gasteiger partial charge in [-0.05, 0) is 25.8 Å². The van der Waals surface area contributed by atoms with Gasteiger partial charge in [-0.1, -0.05) is 32.8 Å². The maximum absolute atomic E-state index is 11.2. The molecular weight excluding hydrogens is 317 g/mol. The fourth-order valence-corrected chi connectivity index (χ4v) is 2.95. The number of quaternary nitrogens is 1. The summed E-state index contributed by atoms with van der Waals surface area (Å²) in [7, 11) is 0. The van der Waals surface area contributed by atoms with Crippen molar-refractivity contribution in [2.45, 2.75) is 46.5 Å². The summed E-state index contributed by atoms with van der Waals surface area (Å²) in [4.78, 5) is 22.4. The minimum atomic E-state index is -1.15. The summed E-state index contributed by atoms with van der Waals surface area (Å²) in [6.45, 7) is 6.58. The molecule has 0 radical (unpaired) electrons. The van der Waals surface area contributed by atoms with Crippen LogP contribution in [0.2, 0.25) is 0 Å². The molecule has 25 heavy (non-hydrogen) atoms. The fourth-order valence-electron chi connectivity index (χ4n) is 2.95. The van der Waals surface area contributed by atoms with Gasteiger partial charge in [0, 0.05) is 11.9 Å². The summed E-state index contributed by atoms with van der Waals surface area (Å²) >= 11 is 0. The number of carbonyl (C=O) groups is 2. The average Bonchev–Trinajstić information content (AvgIpc) is 2.50. The molecule has 0 aliphatic carbocycles. The van der Waals surface area contributed by atoms with Crippen molar-refractivity contribution in [3.63, 3.8) is 0 Å². The van der Waals surface area contributed by atoms with Crippen molar-refractivity contribution in [1.82, 2.24) is 0 Å². The van der Waals surface area contributed by atoms with Gasteiger partial charge >= 0.3 is 24.8 Å². The van der Waals surface area contributed by atoms with Gasteiger partial charge in [0.05, 0.1) is 26.2 Å². The van der Waals surface area contributed by atoms with Crippen LogP contribution in [0.15, 0.2) is 12.2 Å². The zero-order valence-corrected chi connectivity index (χ0v) is 16.2. The van der Waals surface area contributed by atoms with Crippen LogP contribution >= 0.6 is 0 Å². The van der Waals surface area contributed by atoms with Crippen LogP contribution < -0.4 is 24.0 Å². The third-order valence-electron chi connectivity index (χ3n) is 4.35. The van der Waals surface area contributed by atoms with Crippen molar-refractivity contribution >= 4 is 11.9 Å². The molecule has 0 aromatic rings. The Labute approximate surface area is 163 Å². The summed E-state index contributed by atoms with van der Waals surface area (Å²) < 4.78 is 0.239. The third-order valence-corrected chi connectivity index (χ3v) is 4.35. The summed E-state index contributed by atoms with van der Waals surface area (Å²) in [6, 6.07) is 0. The molecule has 0 fully saturated rings. The van der Waals surface area contributed by atoms with E-state index in [0.717, 1.165) is 19.3 Å². The molecule has 140 valence electrons. The molecule has 0 aromatic heterocycles. The smallest absolute Gasteiger partial charge is 0.550 e. The minimum absolute atomic E-state index is 0. The van der Waals surface area contributed by atoms with E-state index >= 15 is 0 Å². The molecule has 6 nitrogen and oxygen atoms in total. The first-order valence-corrected chi connectivity index (χ1v) is 8.82. The molecule has 0 aliphatic heterocycles. The normalized spacial score (nSPS) is 16.0. The number of aliphatic hydroxyl groups is 1. The number of aliphatic hydroxyl groups excluding tert-OH is 1. The van der Waals surface area contributed by atoms with Crippen LogP contribution in [-0.4, -0.2) is 59.4 Å². The summed E-state index contributed by atoms with van der Waals surface area (Å²) in [5, 5.41) is 29.8. The second-order valence-corrected chi connectivity index (χ2v) is 6.76.